The van der Waals surface area contributed by atoms with Crippen molar-refractivity contribution in [2.75, 3.05) is 33.8 Å². The summed E-state index contributed by atoms with van der Waals surface area (Å²) in [5.74, 6) is -1.93. The fourth-order valence-electron chi connectivity index (χ4n) is 3.19. The number of nitrogens with one attached hydrogen (secondary N) is 1. The topological polar surface area (TPSA) is 105 Å². The molecule has 9 nitrogen and oxygen atoms in total. The first kappa shape index (κ1) is 24.9. The molecule has 0 aliphatic carbocycles. The van der Waals surface area contributed by atoms with Crippen LogP contribution in [0.3, 0.4) is 0 Å². The lowest BCUT2D eigenvalue weighted by atomic mass is 10.0. The Morgan fingerprint density at radius 1 is 1.16 bits per heavy atom. The number of ether oxygens (including phenoxy) is 2. The molecule has 1 aromatic carbocycles. The van der Waals surface area contributed by atoms with E-state index < -0.39 is 23.6 Å². The summed E-state index contributed by atoms with van der Waals surface area (Å²) in [5.41, 5.74) is 0.702. The van der Waals surface area contributed by atoms with Crippen LogP contribution in [0.4, 0.5) is 4.79 Å². The molecule has 0 fully saturated rings. The number of alkyl carbamates (subject to hydrolysis) is 1. The largest absolute Gasteiger partial charge is 0.469 e. The van der Waals surface area contributed by atoms with Crippen molar-refractivity contribution in [3.63, 3.8) is 0 Å². The predicted molar refractivity (Wildman–Crippen MR) is 118 cm³/mol. The predicted octanol–water partition coefficient (Wildman–Crippen LogP) is 2.03. The molecule has 0 saturated carbocycles. The van der Waals surface area contributed by atoms with E-state index in [4.69, 9.17) is 9.47 Å². The van der Waals surface area contributed by atoms with E-state index in [2.05, 4.69) is 5.32 Å². The van der Waals surface area contributed by atoms with Gasteiger partial charge in [0.15, 0.2) is 0 Å². The van der Waals surface area contributed by atoms with Gasteiger partial charge in [0.25, 0.3) is 0 Å². The Morgan fingerprint density at radius 3 is 2.41 bits per heavy atom. The molecule has 3 amide bonds. The Labute approximate surface area is 188 Å². The normalized spacial score (nSPS) is 18.7. The third kappa shape index (κ3) is 7.11. The van der Waals surface area contributed by atoms with Crippen LogP contribution >= 0.6 is 0 Å². The lowest BCUT2D eigenvalue weighted by Crippen LogP contribution is -2.47. The van der Waals surface area contributed by atoms with Gasteiger partial charge in [0.05, 0.1) is 13.0 Å². The van der Waals surface area contributed by atoms with Crippen molar-refractivity contribution in [1.29, 1.82) is 0 Å². The number of carbonyl (C=O) groups excluding carboxylic acids is 4. The molecule has 32 heavy (non-hydrogen) atoms. The molecule has 174 valence electrons. The van der Waals surface area contributed by atoms with Crippen LogP contribution < -0.4 is 5.32 Å². The van der Waals surface area contributed by atoms with Crippen LogP contribution in [0, 0.1) is 5.92 Å². The van der Waals surface area contributed by atoms with E-state index in [9.17, 15) is 19.2 Å². The average Bonchev–Trinajstić information content (AvgIpc) is 2.72. The zero-order valence-corrected chi connectivity index (χ0v) is 19.2. The monoisotopic (exact) mass is 445 g/mol. The van der Waals surface area contributed by atoms with E-state index in [0.717, 1.165) is 5.56 Å². The molecule has 2 rings (SSSR count). The van der Waals surface area contributed by atoms with Crippen molar-refractivity contribution in [3.05, 3.63) is 42.0 Å². The molecule has 0 aromatic heterocycles. The van der Waals surface area contributed by atoms with Gasteiger partial charge < -0.3 is 24.6 Å². The molecule has 1 atom stereocenters. The van der Waals surface area contributed by atoms with Crippen molar-refractivity contribution >= 4 is 29.6 Å². The first-order chi connectivity index (χ1) is 15.0. The van der Waals surface area contributed by atoms with Crippen molar-refractivity contribution in [3.8, 4) is 0 Å². The van der Waals surface area contributed by atoms with Crippen LogP contribution in [0.25, 0.3) is 5.70 Å². The highest BCUT2D eigenvalue weighted by molar-refractivity contribution is 5.93. The minimum Gasteiger partial charge on any atom is -0.469 e. The number of hydrogen-bond acceptors (Lipinski definition) is 6. The zero-order valence-electron chi connectivity index (χ0n) is 19.2. The fraction of sp³-hybridized carbons (Fsp3) is 0.478. The summed E-state index contributed by atoms with van der Waals surface area (Å²) in [6.07, 6.45) is 0.980. The van der Waals surface area contributed by atoms with Crippen LogP contribution in [0.5, 0.6) is 0 Å². The molecule has 9 heteroatoms. The third-order valence-electron chi connectivity index (χ3n) is 4.77. The van der Waals surface area contributed by atoms with Crippen LogP contribution in [0.15, 0.2) is 36.4 Å². The van der Waals surface area contributed by atoms with E-state index in [1.807, 2.05) is 30.3 Å². The minimum absolute atomic E-state index is 0.00609. The van der Waals surface area contributed by atoms with E-state index in [1.54, 1.807) is 33.9 Å². The number of rotatable bonds is 5. The van der Waals surface area contributed by atoms with Gasteiger partial charge in [-0.2, -0.15) is 0 Å². The van der Waals surface area contributed by atoms with Crippen molar-refractivity contribution < 1.29 is 28.7 Å². The van der Waals surface area contributed by atoms with Crippen molar-refractivity contribution in [2.24, 2.45) is 5.92 Å². The molecular formula is C23H31N3O6. The molecule has 0 bridgehead atoms. The second-order valence-electron chi connectivity index (χ2n) is 8.45. The van der Waals surface area contributed by atoms with Gasteiger partial charge in [-0.25, -0.2) is 4.79 Å². The van der Waals surface area contributed by atoms with Gasteiger partial charge >= 0.3 is 12.1 Å². The highest BCUT2D eigenvalue weighted by atomic mass is 16.6. The molecule has 1 heterocycles. The van der Waals surface area contributed by atoms with Crippen LogP contribution in [0.2, 0.25) is 0 Å². The van der Waals surface area contributed by atoms with Gasteiger partial charge in [-0.1, -0.05) is 30.3 Å². The Bertz CT molecular complexity index is 875. The van der Waals surface area contributed by atoms with E-state index in [1.165, 1.54) is 16.9 Å². The maximum Gasteiger partial charge on any atom is 0.407 e. The molecule has 1 aromatic rings. The first-order valence-electron chi connectivity index (χ1n) is 10.4. The van der Waals surface area contributed by atoms with Gasteiger partial charge in [0.1, 0.15) is 12.1 Å². The number of likely N-dealkylation sites (N-methyl/N-ethyl adjacent to an activating group) is 1. The molecular weight excluding hydrogens is 414 g/mol. The molecule has 0 saturated heterocycles. The lowest BCUT2D eigenvalue weighted by Gasteiger charge is -2.32. The SMILES string of the molecule is COC(=O)C1/C=C(/c2ccccc2)N(C)C(=O)CN(C(=O)CCNC(=O)OC(C)(C)C)C1. The standard InChI is InChI=1S/C23H31N3O6/c1-23(2,3)32-22(30)24-12-11-19(27)26-14-17(21(29)31-5)13-18(25(4)20(28)15-26)16-9-7-6-8-10-16/h6-10,13,17H,11-12,14-15H2,1-5H3,(H,24,30)/b18-13-. The molecule has 1 aliphatic heterocycles. The summed E-state index contributed by atoms with van der Waals surface area (Å²) in [4.78, 5) is 52.6. The Kier molecular flexibility index (Phi) is 8.40. The fourth-order valence-corrected chi connectivity index (χ4v) is 3.19. The number of esters is 1. The lowest BCUT2D eigenvalue weighted by molar-refractivity contribution is -0.147. The van der Waals surface area contributed by atoms with Gasteiger partial charge in [-0.05, 0) is 32.4 Å². The summed E-state index contributed by atoms with van der Waals surface area (Å²) in [6, 6.07) is 9.23. The maximum absolute atomic E-state index is 12.8. The maximum atomic E-state index is 12.8. The Hall–Kier alpha value is -3.36. The summed E-state index contributed by atoms with van der Waals surface area (Å²) >= 11 is 0. The second kappa shape index (κ2) is 10.8. The molecule has 1 N–H and O–H groups in total. The second-order valence-corrected chi connectivity index (χ2v) is 8.45. The molecule has 1 aliphatic rings. The smallest absolute Gasteiger partial charge is 0.407 e. The van der Waals surface area contributed by atoms with Crippen LogP contribution in [-0.4, -0.2) is 73.1 Å². The third-order valence-corrected chi connectivity index (χ3v) is 4.77. The number of nitrogens with zero attached hydrogens (tertiary/aromatic N) is 2. The number of benzene rings is 1. The van der Waals surface area contributed by atoms with Crippen LogP contribution in [-0.2, 0) is 23.9 Å². The molecule has 0 spiro atoms. The average molecular weight is 446 g/mol. The van der Waals surface area contributed by atoms with Gasteiger partial charge in [0, 0.05) is 32.3 Å². The summed E-state index contributed by atoms with van der Waals surface area (Å²) in [5, 5.41) is 2.52. The van der Waals surface area contributed by atoms with Gasteiger partial charge in [-0.15, -0.1) is 0 Å². The first-order valence-corrected chi connectivity index (χ1v) is 10.4. The van der Waals surface area contributed by atoms with Gasteiger partial charge in [0.2, 0.25) is 11.8 Å². The molecule has 0 radical (unpaired) electrons. The van der Waals surface area contributed by atoms with Crippen molar-refractivity contribution in [1.82, 2.24) is 15.1 Å². The Balaban J connectivity index is 2.16. The van der Waals surface area contributed by atoms with Gasteiger partial charge in [-0.3, -0.25) is 14.4 Å². The Morgan fingerprint density at radius 2 is 1.81 bits per heavy atom. The highest BCUT2D eigenvalue weighted by Gasteiger charge is 2.31. The summed E-state index contributed by atoms with van der Waals surface area (Å²) < 4.78 is 10.1. The summed E-state index contributed by atoms with van der Waals surface area (Å²) in [6.45, 7) is 5.06. The highest BCUT2D eigenvalue weighted by Crippen LogP contribution is 2.24. The van der Waals surface area contributed by atoms with Crippen molar-refractivity contribution in [2.45, 2.75) is 32.8 Å². The van der Waals surface area contributed by atoms with E-state index in [0.29, 0.717) is 5.70 Å². The quantitative estimate of drug-likeness (QED) is 0.696. The number of methoxy groups -OCH3 is 1. The van der Waals surface area contributed by atoms with Crippen LogP contribution in [0.1, 0.15) is 32.8 Å². The van der Waals surface area contributed by atoms with E-state index in [-0.39, 0.29) is 37.9 Å². The zero-order chi connectivity index (χ0) is 23.9. The minimum atomic E-state index is -0.756. The number of hydrogen-bond donors (Lipinski definition) is 1. The molecule has 1 unspecified atom stereocenters. The number of carbonyl (C=O) groups is 4. The van der Waals surface area contributed by atoms with E-state index >= 15 is 0 Å². The number of amides is 3. The summed E-state index contributed by atoms with van der Waals surface area (Å²) in [7, 11) is 2.89.